The molecule has 24 heavy (non-hydrogen) atoms. The zero-order chi connectivity index (χ0) is 16.9. The maximum Gasteiger partial charge on any atom is 0.162 e. The standard InChI is InChI=1S/C21H22N2O/c1-21(2)11-17-20(18(24)12-21)19(14-7-6-10-22-13-14)15-8-4-5-9-16(15)23(17)3/h4-10,13,19H,11-12H2,1-3H3. The van der Waals surface area contributed by atoms with Gasteiger partial charge in [0.15, 0.2) is 5.78 Å². The SMILES string of the molecule is CN1C2=C(C(=O)CC(C)(C)C2)C(c2cccnc2)c2ccccc21. The van der Waals surface area contributed by atoms with Crippen LogP contribution in [0.15, 0.2) is 60.1 Å². The van der Waals surface area contributed by atoms with E-state index >= 15 is 0 Å². The number of anilines is 1. The third kappa shape index (κ3) is 2.27. The highest BCUT2D eigenvalue weighted by molar-refractivity contribution is 6.01. The fourth-order valence-electron chi connectivity index (χ4n) is 4.16. The van der Waals surface area contributed by atoms with E-state index in [1.54, 1.807) is 6.20 Å². The van der Waals surface area contributed by atoms with E-state index in [0.29, 0.717) is 6.42 Å². The zero-order valence-corrected chi connectivity index (χ0v) is 14.4. The summed E-state index contributed by atoms with van der Waals surface area (Å²) >= 11 is 0. The number of carbonyl (C=O) groups is 1. The molecule has 0 fully saturated rings. The van der Waals surface area contributed by atoms with Gasteiger partial charge in [0.2, 0.25) is 0 Å². The van der Waals surface area contributed by atoms with E-state index in [0.717, 1.165) is 17.6 Å². The highest BCUT2D eigenvalue weighted by Crippen LogP contribution is 2.50. The molecule has 3 nitrogen and oxygen atoms in total. The van der Waals surface area contributed by atoms with Gasteiger partial charge in [-0.15, -0.1) is 0 Å². The Morgan fingerprint density at radius 1 is 1.12 bits per heavy atom. The van der Waals surface area contributed by atoms with E-state index in [-0.39, 0.29) is 17.1 Å². The number of pyridine rings is 1. The average molecular weight is 318 g/mol. The van der Waals surface area contributed by atoms with E-state index in [1.165, 1.54) is 16.9 Å². The van der Waals surface area contributed by atoms with Crippen LogP contribution in [0.3, 0.4) is 0 Å². The lowest BCUT2D eigenvalue weighted by Crippen LogP contribution is -2.38. The van der Waals surface area contributed by atoms with Crippen molar-refractivity contribution in [1.29, 1.82) is 0 Å². The fourth-order valence-corrected chi connectivity index (χ4v) is 4.16. The van der Waals surface area contributed by atoms with Crippen LogP contribution in [0.1, 0.15) is 43.7 Å². The van der Waals surface area contributed by atoms with E-state index < -0.39 is 0 Å². The lowest BCUT2D eigenvalue weighted by atomic mass is 9.68. The summed E-state index contributed by atoms with van der Waals surface area (Å²) in [5, 5.41) is 0. The van der Waals surface area contributed by atoms with Gasteiger partial charge in [-0.1, -0.05) is 38.1 Å². The van der Waals surface area contributed by atoms with Crippen LogP contribution in [0.5, 0.6) is 0 Å². The summed E-state index contributed by atoms with van der Waals surface area (Å²) in [6.07, 6.45) is 5.21. The van der Waals surface area contributed by atoms with E-state index in [1.807, 2.05) is 12.3 Å². The van der Waals surface area contributed by atoms with Crippen LogP contribution in [-0.4, -0.2) is 17.8 Å². The van der Waals surface area contributed by atoms with Gasteiger partial charge >= 0.3 is 0 Å². The number of aromatic nitrogens is 1. The lowest BCUT2D eigenvalue weighted by molar-refractivity contribution is -0.118. The molecule has 122 valence electrons. The molecule has 2 aromatic rings. The van der Waals surface area contributed by atoms with Crippen LogP contribution < -0.4 is 4.90 Å². The molecule has 0 radical (unpaired) electrons. The molecule has 2 heterocycles. The van der Waals surface area contributed by atoms with Gasteiger partial charge in [0.25, 0.3) is 0 Å². The van der Waals surface area contributed by atoms with Gasteiger partial charge in [-0.25, -0.2) is 0 Å². The number of fused-ring (bicyclic) bond motifs is 1. The van der Waals surface area contributed by atoms with Crippen molar-refractivity contribution in [2.24, 2.45) is 5.41 Å². The van der Waals surface area contributed by atoms with Crippen molar-refractivity contribution in [1.82, 2.24) is 4.98 Å². The number of benzene rings is 1. The van der Waals surface area contributed by atoms with Crippen LogP contribution in [-0.2, 0) is 4.79 Å². The second-order valence-corrected chi connectivity index (χ2v) is 7.64. The number of hydrogen-bond donors (Lipinski definition) is 0. The molecule has 4 rings (SSSR count). The lowest BCUT2D eigenvalue weighted by Gasteiger charge is -2.43. The second kappa shape index (κ2) is 5.30. The number of ketones is 1. The molecular weight excluding hydrogens is 296 g/mol. The van der Waals surface area contributed by atoms with Gasteiger partial charge in [-0.2, -0.15) is 0 Å². The smallest absolute Gasteiger partial charge is 0.162 e. The molecule has 0 saturated carbocycles. The van der Waals surface area contributed by atoms with Gasteiger partial charge in [0, 0.05) is 48.7 Å². The predicted molar refractivity (Wildman–Crippen MR) is 96.0 cm³/mol. The van der Waals surface area contributed by atoms with Gasteiger partial charge in [0.05, 0.1) is 0 Å². The van der Waals surface area contributed by atoms with Crippen molar-refractivity contribution in [2.45, 2.75) is 32.6 Å². The molecule has 1 unspecified atom stereocenters. The second-order valence-electron chi connectivity index (χ2n) is 7.64. The predicted octanol–water partition coefficient (Wildman–Crippen LogP) is 4.31. The molecule has 0 amide bonds. The third-order valence-corrected chi connectivity index (χ3v) is 5.22. The van der Waals surface area contributed by atoms with Crippen molar-refractivity contribution in [2.75, 3.05) is 11.9 Å². The van der Waals surface area contributed by atoms with Crippen molar-refractivity contribution >= 4 is 11.5 Å². The van der Waals surface area contributed by atoms with Crippen LogP contribution in [0.25, 0.3) is 0 Å². The third-order valence-electron chi connectivity index (χ3n) is 5.22. The number of para-hydroxylation sites is 1. The monoisotopic (exact) mass is 318 g/mol. The van der Waals surface area contributed by atoms with Gasteiger partial charge in [-0.05, 0) is 35.1 Å². The Kier molecular flexibility index (Phi) is 3.34. The Morgan fingerprint density at radius 2 is 1.92 bits per heavy atom. The minimum Gasteiger partial charge on any atom is -0.347 e. The molecule has 1 aromatic heterocycles. The van der Waals surface area contributed by atoms with Crippen molar-refractivity contribution in [3.63, 3.8) is 0 Å². The Labute approximate surface area is 143 Å². The first-order valence-corrected chi connectivity index (χ1v) is 8.47. The first-order chi connectivity index (χ1) is 11.5. The average Bonchev–Trinajstić information content (AvgIpc) is 2.56. The molecule has 0 bridgehead atoms. The topological polar surface area (TPSA) is 33.2 Å². The molecule has 1 aliphatic heterocycles. The van der Waals surface area contributed by atoms with Gasteiger partial charge in [0.1, 0.15) is 0 Å². The molecule has 0 saturated heterocycles. The summed E-state index contributed by atoms with van der Waals surface area (Å²) in [6, 6.07) is 12.4. The van der Waals surface area contributed by atoms with Crippen LogP contribution in [0.2, 0.25) is 0 Å². The van der Waals surface area contributed by atoms with Crippen molar-refractivity contribution in [3.05, 3.63) is 71.2 Å². The molecule has 1 aliphatic carbocycles. The largest absolute Gasteiger partial charge is 0.347 e. The Bertz CT molecular complexity index is 836. The Hall–Kier alpha value is -2.42. The van der Waals surface area contributed by atoms with Gasteiger partial charge < -0.3 is 4.90 Å². The van der Waals surface area contributed by atoms with Gasteiger partial charge in [-0.3, -0.25) is 9.78 Å². The molecular formula is C21H22N2O. The van der Waals surface area contributed by atoms with E-state index in [2.05, 4.69) is 61.1 Å². The fraction of sp³-hybridized carbons (Fsp3) is 0.333. The number of Topliss-reactive ketones (excluding diaryl/α,β-unsaturated/α-hetero) is 1. The summed E-state index contributed by atoms with van der Waals surface area (Å²) in [4.78, 5) is 19.6. The maximum absolute atomic E-state index is 13.1. The normalized spacial score (nSPS) is 22.2. The van der Waals surface area contributed by atoms with Crippen LogP contribution in [0, 0.1) is 5.41 Å². The number of carbonyl (C=O) groups excluding carboxylic acids is 1. The van der Waals surface area contributed by atoms with E-state index in [9.17, 15) is 4.79 Å². The molecule has 0 spiro atoms. The minimum absolute atomic E-state index is 0.00954. The molecule has 1 aromatic carbocycles. The van der Waals surface area contributed by atoms with E-state index in [4.69, 9.17) is 0 Å². The number of rotatable bonds is 1. The molecule has 1 atom stereocenters. The summed E-state index contributed by atoms with van der Waals surface area (Å²) in [7, 11) is 2.09. The summed E-state index contributed by atoms with van der Waals surface area (Å²) in [6.45, 7) is 4.37. The first-order valence-electron chi connectivity index (χ1n) is 8.47. The summed E-state index contributed by atoms with van der Waals surface area (Å²) in [5.41, 5.74) is 5.62. The highest BCUT2D eigenvalue weighted by atomic mass is 16.1. The van der Waals surface area contributed by atoms with Crippen LogP contribution in [0.4, 0.5) is 5.69 Å². The molecule has 0 N–H and O–H groups in total. The Balaban J connectivity index is 1.98. The highest BCUT2D eigenvalue weighted by Gasteiger charge is 2.42. The molecule has 3 heteroatoms. The summed E-state index contributed by atoms with van der Waals surface area (Å²) < 4.78 is 0. The van der Waals surface area contributed by atoms with Crippen LogP contribution >= 0.6 is 0 Å². The van der Waals surface area contributed by atoms with Crippen molar-refractivity contribution in [3.8, 4) is 0 Å². The number of nitrogens with zero attached hydrogens (tertiary/aromatic N) is 2. The number of allylic oxidation sites excluding steroid dienone is 2. The van der Waals surface area contributed by atoms with Crippen molar-refractivity contribution < 1.29 is 4.79 Å². The molecule has 2 aliphatic rings. The number of hydrogen-bond acceptors (Lipinski definition) is 3. The Morgan fingerprint density at radius 3 is 2.67 bits per heavy atom. The zero-order valence-electron chi connectivity index (χ0n) is 14.4. The maximum atomic E-state index is 13.1. The first kappa shape index (κ1) is 15.1. The quantitative estimate of drug-likeness (QED) is 0.785. The minimum atomic E-state index is -0.00954. The summed E-state index contributed by atoms with van der Waals surface area (Å²) in [5.74, 6) is 0.265.